The molecule has 0 spiro atoms. The van der Waals surface area contributed by atoms with Crippen LogP contribution in [-0.4, -0.2) is 10.8 Å². The van der Waals surface area contributed by atoms with Crippen molar-refractivity contribution < 1.29 is 4.79 Å². The van der Waals surface area contributed by atoms with Crippen LogP contribution in [0.2, 0.25) is 0 Å². The summed E-state index contributed by atoms with van der Waals surface area (Å²) < 4.78 is 1.09. The van der Waals surface area contributed by atoms with Gasteiger partial charge in [0.1, 0.15) is 5.01 Å². The number of aromatic nitrogens is 1. The third-order valence-electron chi connectivity index (χ3n) is 3.66. The number of ketones is 1. The Kier molecular flexibility index (Phi) is 4.07. The molecule has 0 aliphatic heterocycles. The first kappa shape index (κ1) is 15.0. The van der Waals surface area contributed by atoms with Crippen molar-refractivity contribution in [3.05, 3.63) is 87.6 Å². The fourth-order valence-corrected chi connectivity index (χ4v) is 4.08. The number of thiophene rings is 1. The Morgan fingerprint density at radius 1 is 0.958 bits per heavy atom. The average Bonchev–Trinajstić information content (AvgIpc) is 3.29. The van der Waals surface area contributed by atoms with Gasteiger partial charge in [0, 0.05) is 5.56 Å². The highest BCUT2D eigenvalue weighted by Crippen LogP contribution is 2.30. The first-order valence-corrected chi connectivity index (χ1v) is 9.27. The van der Waals surface area contributed by atoms with Crippen LogP contribution in [0.1, 0.15) is 20.9 Å². The number of carbonyl (C=O) groups excluding carboxylic acids is 1. The number of allylic oxidation sites excluding steroid dienone is 1. The highest BCUT2D eigenvalue weighted by atomic mass is 32.1. The third-order valence-corrected chi connectivity index (χ3v) is 5.43. The molecule has 2 aromatic carbocycles. The van der Waals surface area contributed by atoms with E-state index in [1.54, 1.807) is 22.7 Å². The van der Waals surface area contributed by atoms with Gasteiger partial charge in [-0.05, 0) is 40.6 Å². The van der Waals surface area contributed by atoms with Gasteiger partial charge in [0.05, 0.1) is 15.8 Å². The number of hydrogen-bond donors (Lipinski definition) is 0. The van der Waals surface area contributed by atoms with Crippen molar-refractivity contribution in [3.8, 4) is 0 Å². The Labute approximate surface area is 147 Å². The molecule has 0 unspecified atom stereocenters. The fourth-order valence-electron chi connectivity index (χ4n) is 2.48. The molecule has 4 rings (SSSR count). The summed E-state index contributed by atoms with van der Waals surface area (Å²) in [4.78, 5) is 17.7. The van der Waals surface area contributed by atoms with E-state index in [1.807, 2.05) is 77.5 Å². The minimum absolute atomic E-state index is 0.000793. The Morgan fingerprint density at radius 3 is 2.50 bits per heavy atom. The van der Waals surface area contributed by atoms with Crippen LogP contribution < -0.4 is 0 Å². The van der Waals surface area contributed by atoms with Crippen molar-refractivity contribution in [2.24, 2.45) is 0 Å². The van der Waals surface area contributed by atoms with Crippen molar-refractivity contribution >= 4 is 50.3 Å². The number of Topliss-reactive ketones (excluding diaryl/α,β-unsaturated/α-hetero) is 1. The number of nitrogens with zero attached hydrogens (tertiary/aromatic N) is 1. The summed E-state index contributed by atoms with van der Waals surface area (Å²) in [5.41, 5.74) is 3.27. The zero-order chi connectivity index (χ0) is 16.4. The first-order chi connectivity index (χ1) is 11.8. The van der Waals surface area contributed by atoms with Crippen LogP contribution in [0.25, 0.3) is 21.9 Å². The molecule has 24 heavy (non-hydrogen) atoms. The summed E-state index contributed by atoms with van der Waals surface area (Å²) in [6.07, 6.45) is 1.93. The summed E-state index contributed by atoms with van der Waals surface area (Å²) >= 11 is 3.17. The van der Waals surface area contributed by atoms with Gasteiger partial charge in [-0.1, -0.05) is 42.5 Å². The van der Waals surface area contributed by atoms with Crippen LogP contribution in [0, 0.1) is 0 Å². The van der Waals surface area contributed by atoms with E-state index in [1.165, 1.54) is 0 Å². The normalized spacial score (nSPS) is 11.8. The standard InChI is InChI=1S/C20H13NOS2/c22-19(15-6-2-1-3-7-15)16(12-14-10-11-23-13-14)20-21-17-8-4-5-9-18(17)24-20/h1-13H/b16-12-. The molecule has 0 bridgehead atoms. The van der Waals surface area contributed by atoms with Gasteiger partial charge in [-0.15, -0.1) is 11.3 Å². The van der Waals surface area contributed by atoms with Crippen molar-refractivity contribution in [1.29, 1.82) is 0 Å². The lowest BCUT2D eigenvalue weighted by molar-refractivity contribution is 0.105. The number of para-hydroxylation sites is 1. The Bertz CT molecular complexity index is 981. The van der Waals surface area contributed by atoms with Gasteiger partial charge in [0.25, 0.3) is 0 Å². The van der Waals surface area contributed by atoms with E-state index in [9.17, 15) is 4.79 Å². The maximum Gasteiger partial charge on any atom is 0.196 e. The highest BCUT2D eigenvalue weighted by molar-refractivity contribution is 7.20. The molecule has 0 amide bonds. The zero-order valence-electron chi connectivity index (χ0n) is 12.7. The van der Waals surface area contributed by atoms with Crippen LogP contribution in [0.4, 0.5) is 0 Å². The molecule has 0 aliphatic carbocycles. The fraction of sp³-hybridized carbons (Fsp3) is 0. The summed E-state index contributed by atoms with van der Waals surface area (Å²) in [7, 11) is 0. The quantitative estimate of drug-likeness (QED) is 0.346. The molecule has 2 nitrogen and oxygen atoms in total. The van der Waals surface area contributed by atoms with Crippen LogP contribution in [0.5, 0.6) is 0 Å². The summed E-state index contributed by atoms with van der Waals surface area (Å²) in [6.45, 7) is 0. The first-order valence-electron chi connectivity index (χ1n) is 7.51. The summed E-state index contributed by atoms with van der Waals surface area (Å²) in [5.74, 6) is 0.000793. The van der Waals surface area contributed by atoms with Crippen LogP contribution in [0.3, 0.4) is 0 Å². The van der Waals surface area contributed by atoms with Gasteiger partial charge in [-0.2, -0.15) is 11.3 Å². The van der Waals surface area contributed by atoms with E-state index >= 15 is 0 Å². The number of rotatable bonds is 4. The Morgan fingerprint density at radius 2 is 1.75 bits per heavy atom. The Hall–Kier alpha value is -2.56. The van der Waals surface area contributed by atoms with E-state index in [-0.39, 0.29) is 5.78 Å². The third kappa shape index (κ3) is 2.94. The maximum absolute atomic E-state index is 13.1. The second-order valence-electron chi connectivity index (χ2n) is 5.30. The lowest BCUT2D eigenvalue weighted by Gasteiger charge is -2.03. The number of benzene rings is 2. The second kappa shape index (κ2) is 6.51. The monoisotopic (exact) mass is 347 g/mol. The van der Waals surface area contributed by atoms with Crippen molar-refractivity contribution in [2.45, 2.75) is 0 Å². The average molecular weight is 347 g/mol. The number of fused-ring (bicyclic) bond motifs is 1. The second-order valence-corrected chi connectivity index (χ2v) is 7.11. The van der Waals surface area contributed by atoms with Gasteiger partial charge in [-0.25, -0.2) is 4.98 Å². The summed E-state index contributed by atoms with van der Waals surface area (Å²) in [5, 5.41) is 4.80. The van der Waals surface area contributed by atoms with E-state index in [0.29, 0.717) is 11.1 Å². The molecule has 116 valence electrons. The van der Waals surface area contributed by atoms with E-state index < -0.39 is 0 Å². The van der Waals surface area contributed by atoms with Crippen molar-refractivity contribution in [2.75, 3.05) is 0 Å². The van der Waals surface area contributed by atoms with Crippen LogP contribution in [0.15, 0.2) is 71.4 Å². The van der Waals surface area contributed by atoms with E-state index in [4.69, 9.17) is 0 Å². The molecule has 0 N–H and O–H groups in total. The molecule has 2 aromatic heterocycles. The number of hydrogen-bond acceptors (Lipinski definition) is 4. The topological polar surface area (TPSA) is 30.0 Å². The molecule has 0 aliphatic rings. The van der Waals surface area contributed by atoms with Gasteiger partial charge < -0.3 is 0 Å². The van der Waals surface area contributed by atoms with Crippen molar-refractivity contribution in [3.63, 3.8) is 0 Å². The lowest BCUT2D eigenvalue weighted by atomic mass is 10.0. The molecule has 0 fully saturated rings. The smallest absolute Gasteiger partial charge is 0.196 e. The van der Waals surface area contributed by atoms with Crippen LogP contribution >= 0.6 is 22.7 Å². The molecule has 2 heterocycles. The van der Waals surface area contributed by atoms with Gasteiger partial charge >= 0.3 is 0 Å². The predicted molar refractivity (Wildman–Crippen MR) is 103 cm³/mol. The van der Waals surface area contributed by atoms with E-state index in [0.717, 1.165) is 20.8 Å². The minimum atomic E-state index is 0.000793. The number of carbonyl (C=O) groups is 1. The molecular formula is C20H13NOS2. The van der Waals surface area contributed by atoms with Crippen LogP contribution in [-0.2, 0) is 0 Å². The Balaban J connectivity index is 1.86. The molecule has 0 saturated carbocycles. The van der Waals surface area contributed by atoms with Crippen molar-refractivity contribution in [1.82, 2.24) is 4.98 Å². The molecule has 0 radical (unpaired) electrons. The molecule has 0 atom stereocenters. The van der Waals surface area contributed by atoms with E-state index in [2.05, 4.69) is 4.98 Å². The molecule has 4 aromatic rings. The molecule has 0 saturated heterocycles. The summed E-state index contributed by atoms with van der Waals surface area (Å²) in [6, 6.07) is 19.3. The maximum atomic E-state index is 13.1. The van der Waals surface area contributed by atoms with Gasteiger partial charge in [0.15, 0.2) is 5.78 Å². The zero-order valence-corrected chi connectivity index (χ0v) is 14.3. The van der Waals surface area contributed by atoms with Gasteiger partial charge in [0.2, 0.25) is 0 Å². The lowest BCUT2D eigenvalue weighted by Crippen LogP contribution is -2.02. The predicted octanol–water partition coefficient (Wildman–Crippen LogP) is 5.78. The number of thiazole rings is 1. The van der Waals surface area contributed by atoms with Gasteiger partial charge in [-0.3, -0.25) is 4.79 Å². The SMILES string of the molecule is O=C(/C(=C/c1ccsc1)c1nc2ccccc2s1)c1ccccc1. The minimum Gasteiger partial charge on any atom is -0.288 e. The molecular weight excluding hydrogens is 334 g/mol. The molecule has 4 heteroatoms. The highest BCUT2D eigenvalue weighted by Gasteiger charge is 2.18. The largest absolute Gasteiger partial charge is 0.288 e.